The Labute approximate surface area is 141 Å². The number of amides is 2. The van der Waals surface area contributed by atoms with E-state index in [1.165, 1.54) is 24.2 Å². The maximum Gasteiger partial charge on any atom is 0.228 e. The third kappa shape index (κ3) is 3.74. The van der Waals surface area contributed by atoms with Gasteiger partial charge in [0.1, 0.15) is 0 Å². The van der Waals surface area contributed by atoms with Crippen molar-refractivity contribution in [2.24, 2.45) is 11.8 Å². The van der Waals surface area contributed by atoms with Crippen LogP contribution in [0.15, 0.2) is 5.38 Å². The van der Waals surface area contributed by atoms with Gasteiger partial charge in [0.25, 0.3) is 0 Å². The van der Waals surface area contributed by atoms with Crippen LogP contribution in [0.25, 0.3) is 0 Å². The minimum Gasteiger partial charge on any atom is -0.353 e. The third-order valence-corrected chi connectivity index (χ3v) is 6.15. The average molecular weight is 335 g/mol. The molecule has 2 aliphatic rings. The fourth-order valence-corrected chi connectivity index (χ4v) is 4.43. The molecule has 2 fully saturated rings. The van der Waals surface area contributed by atoms with Crippen LogP contribution in [-0.2, 0) is 16.0 Å². The van der Waals surface area contributed by atoms with E-state index in [0.717, 1.165) is 30.2 Å². The lowest BCUT2D eigenvalue weighted by atomic mass is 9.78. The largest absolute Gasteiger partial charge is 0.353 e. The van der Waals surface area contributed by atoms with Gasteiger partial charge in [-0.05, 0) is 24.7 Å². The number of aromatic nitrogens is 1. The summed E-state index contributed by atoms with van der Waals surface area (Å²) in [6, 6.07) is 0.282. The van der Waals surface area contributed by atoms with Crippen LogP contribution in [0, 0.1) is 11.8 Å². The summed E-state index contributed by atoms with van der Waals surface area (Å²) in [6.45, 7) is 5.24. The second kappa shape index (κ2) is 6.99. The van der Waals surface area contributed by atoms with Gasteiger partial charge in [-0.2, -0.15) is 0 Å². The topological polar surface area (TPSA) is 62.3 Å². The van der Waals surface area contributed by atoms with E-state index in [9.17, 15) is 9.59 Å². The molecule has 0 radical (unpaired) electrons. The van der Waals surface area contributed by atoms with Gasteiger partial charge in [0, 0.05) is 24.4 Å². The Bertz CT molecular complexity index is 586. The van der Waals surface area contributed by atoms with Gasteiger partial charge in [0.05, 0.1) is 12.1 Å². The van der Waals surface area contributed by atoms with Crippen molar-refractivity contribution in [3.63, 3.8) is 0 Å². The molecule has 1 aromatic heterocycles. The summed E-state index contributed by atoms with van der Waals surface area (Å²) in [5.41, 5.74) is 0.763. The number of anilines is 1. The Hall–Kier alpha value is -1.43. The van der Waals surface area contributed by atoms with Crippen LogP contribution in [0.5, 0.6) is 0 Å². The summed E-state index contributed by atoms with van der Waals surface area (Å²) in [7, 11) is 0. The molecule has 6 heteroatoms. The van der Waals surface area contributed by atoms with Gasteiger partial charge in [-0.15, -0.1) is 11.3 Å². The summed E-state index contributed by atoms with van der Waals surface area (Å²) >= 11 is 1.45. The maximum atomic E-state index is 12.3. The van der Waals surface area contributed by atoms with Crippen LogP contribution in [0.4, 0.5) is 5.13 Å². The van der Waals surface area contributed by atoms with Crippen LogP contribution in [0.2, 0.25) is 0 Å². The lowest BCUT2D eigenvalue weighted by molar-refractivity contribution is -0.122. The number of carbonyl (C=O) groups is 2. The zero-order chi connectivity index (χ0) is 16.4. The molecule has 1 aromatic rings. The van der Waals surface area contributed by atoms with Crippen LogP contribution in [0.3, 0.4) is 0 Å². The number of nitrogens with one attached hydrogen (secondary N) is 1. The lowest BCUT2D eigenvalue weighted by Crippen LogP contribution is -2.44. The highest BCUT2D eigenvalue weighted by Gasteiger charge is 2.28. The van der Waals surface area contributed by atoms with Gasteiger partial charge in [-0.1, -0.05) is 26.7 Å². The highest BCUT2D eigenvalue weighted by atomic mass is 32.1. The lowest BCUT2D eigenvalue weighted by Gasteiger charge is -2.34. The quantitative estimate of drug-likeness (QED) is 0.920. The minimum atomic E-state index is 0.0422. The molecule has 1 saturated heterocycles. The number of thiazole rings is 1. The van der Waals surface area contributed by atoms with E-state index in [1.54, 1.807) is 4.90 Å². The standard InChI is InChI=1S/C17H25N3O2S/c1-11-5-3-6-14(12(11)2)19-15(21)9-13-10-23-17(18-13)20-8-4-7-16(20)22/h10-12,14H,3-9H2,1-2H3,(H,19,21)/t11-,12+,14+/m1/s1. The van der Waals surface area contributed by atoms with Crippen LogP contribution in [-0.4, -0.2) is 29.4 Å². The first-order valence-electron chi connectivity index (χ1n) is 8.58. The molecule has 0 spiro atoms. The molecule has 2 amide bonds. The molecule has 23 heavy (non-hydrogen) atoms. The van der Waals surface area contributed by atoms with E-state index < -0.39 is 0 Å². The smallest absolute Gasteiger partial charge is 0.228 e. The van der Waals surface area contributed by atoms with Crippen molar-refractivity contribution < 1.29 is 9.59 Å². The van der Waals surface area contributed by atoms with Gasteiger partial charge in [-0.25, -0.2) is 4.98 Å². The molecular formula is C17H25N3O2S. The Balaban J connectivity index is 1.56. The van der Waals surface area contributed by atoms with Crippen molar-refractivity contribution in [2.45, 2.75) is 58.4 Å². The Morgan fingerprint density at radius 1 is 1.39 bits per heavy atom. The number of rotatable bonds is 4. The van der Waals surface area contributed by atoms with Gasteiger partial charge < -0.3 is 5.32 Å². The number of hydrogen-bond acceptors (Lipinski definition) is 4. The maximum absolute atomic E-state index is 12.3. The molecule has 0 bridgehead atoms. The van der Waals surface area contributed by atoms with Crippen molar-refractivity contribution in [3.05, 3.63) is 11.1 Å². The fourth-order valence-electron chi connectivity index (χ4n) is 3.56. The molecule has 1 aliphatic heterocycles. The monoisotopic (exact) mass is 335 g/mol. The molecule has 1 aliphatic carbocycles. The molecule has 2 heterocycles. The van der Waals surface area contributed by atoms with Crippen LogP contribution >= 0.6 is 11.3 Å². The molecule has 1 saturated carbocycles. The number of carbonyl (C=O) groups excluding carboxylic acids is 2. The zero-order valence-electron chi connectivity index (χ0n) is 13.9. The predicted octanol–water partition coefficient (Wildman–Crippen LogP) is 2.75. The SMILES string of the molecule is C[C@H]1[C@H](C)CCC[C@@H]1NC(=O)Cc1csc(N2CCCC2=O)n1. The molecule has 5 nitrogen and oxygen atoms in total. The Morgan fingerprint density at radius 3 is 2.96 bits per heavy atom. The third-order valence-electron chi connectivity index (χ3n) is 5.24. The Kier molecular flexibility index (Phi) is 4.99. The average Bonchev–Trinajstić information content (AvgIpc) is 3.12. The zero-order valence-corrected chi connectivity index (χ0v) is 14.7. The van der Waals surface area contributed by atoms with Gasteiger partial charge in [0.15, 0.2) is 5.13 Å². The fraction of sp³-hybridized carbons (Fsp3) is 0.706. The first-order valence-corrected chi connectivity index (χ1v) is 9.46. The van der Waals surface area contributed by atoms with E-state index in [2.05, 4.69) is 24.1 Å². The van der Waals surface area contributed by atoms with Gasteiger partial charge >= 0.3 is 0 Å². The minimum absolute atomic E-state index is 0.0422. The molecule has 0 aromatic carbocycles. The molecule has 1 N–H and O–H groups in total. The number of nitrogens with zero attached hydrogens (tertiary/aromatic N) is 2. The summed E-state index contributed by atoms with van der Waals surface area (Å²) in [5, 5.41) is 5.81. The Morgan fingerprint density at radius 2 is 2.22 bits per heavy atom. The van der Waals surface area contributed by atoms with E-state index in [4.69, 9.17) is 0 Å². The van der Waals surface area contributed by atoms with Gasteiger partial charge in [-0.3, -0.25) is 14.5 Å². The van der Waals surface area contributed by atoms with Crippen LogP contribution in [0.1, 0.15) is 51.6 Å². The van der Waals surface area contributed by atoms with E-state index in [1.807, 2.05) is 5.38 Å². The molecular weight excluding hydrogens is 310 g/mol. The second-order valence-corrected chi connectivity index (χ2v) is 7.72. The van der Waals surface area contributed by atoms with E-state index in [-0.39, 0.29) is 17.9 Å². The summed E-state index contributed by atoms with van der Waals surface area (Å²) in [6.07, 6.45) is 5.32. The first-order chi connectivity index (χ1) is 11.0. The molecule has 0 unspecified atom stereocenters. The van der Waals surface area contributed by atoms with Crippen molar-refractivity contribution in [3.8, 4) is 0 Å². The van der Waals surface area contributed by atoms with E-state index in [0.29, 0.717) is 24.7 Å². The number of hydrogen-bond donors (Lipinski definition) is 1. The van der Waals surface area contributed by atoms with Crippen LogP contribution < -0.4 is 10.2 Å². The van der Waals surface area contributed by atoms with Gasteiger partial charge in [0.2, 0.25) is 11.8 Å². The molecule has 126 valence electrons. The van der Waals surface area contributed by atoms with E-state index >= 15 is 0 Å². The van der Waals surface area contributed by atoms with Crippen molar-refractivity contribution in [1.82, 2.24) is 10.3 Å². The molecule has 3 rings (SSSR count). The molecule has 3 atom stereocenters. The first kappa shape index (κ1) is 16.4. The second-order valence-electron chi connectivity index (χ2n) is 6.89. The summed E-state index contributed by atoms with van der Waals surface area (Å²) in [5.74, 6) is 1.38. The van der Waals surface area contributed by atoms with Crippen molar-refractivity contribution >= 4 is 28.3 Å². The predicted molar refractivity (Wildman–Crippen MR) is 91.5 cm³/mol. The van der Waals surface area contributed by atoms with Crippen molar-refractivity contribution in [2.75, 3.05) is 11.4 Å². The summed E-state index contributed by atoms with van der Waals surface area (Å²) < 4.78 is 0. The summed E-state index contributed by atoms with van der Waals surface area (Å²) in [4.78, 5) is 30.3. The highest BCUT2D eigenvalue weighted by molar-refractivity contribution is 7.14. The highest BCUT2D eigenvalue weighted by Crippen LogP contribution is 2.30. The normalized spacial score (nSPS) is 28.2. The van der Waals surface area contributed by atoms with Crippen molar-refractivity contribution in [1.29, 1.82) is 0 Å².